The molecule has 2 rings (SSSR count). The molecule has 30 heavy (non-hydrogen) atoms. The van der Waals surface area contributed by atoms with Crippen LogP contribution in [0.4, 0.5) is 5.82 Å². The van der Waals surface area contributed by atoms with Gasteiger partial charge in [-0.3, -0.25) is 4.79 Å². The molecule has 1 fully saturated rings. The van der Waals surface area contributed by atoms with Gasteiger partial charge in [-0.05, 0) is 39.3 Å². The third-order valence-electron chi connectivity index (χ3n) is 4.89. The molecule has 0 bridgehead atoms. The van der Waals surface area contributed by atoms with Gasteiger partial charge in [-0.25, -0.2) is 9.98 Å². The van der Waals surface area contributed by atoms with E-state index in [9.17, 15) is 4.79 Å². The first kappa shape index (κ1) is 26.4. The maximum atomic E-state index is 12.1. The van der Waals surface area contributed by atoms with Crippen LogP contribution in [-0.4, -0.2) is 73.7 Å². The van der Waals surface area contributed by atoms with E-state index < -0.39 is 0 Å². The van der Waals surface area contributed by atoms with E-state index >= 15 is 0 Å². The molecule has 2 heterocycles. The van der Waals surface area contributed by atoms with Crippen molar-refractivity contribution < 1.29 is 9.53 Å². The summed E-state index contributed by atoms with van der Waals surface area (Å²) in [5.74, 6) is 1.86. The highest BCUT2D eigenvalue weighted by Crippen LogP contribution is 2.15. The van der Waals surface area contributed by atoms with Gasteiger partial charge in [-0.2, -0.15) is 0 Å². The Balaban J connectivity index is 0.00000450. The number of nitrogens with zero attached hydrogens (tertiary/aromatic N) is 4. The molecule has 0 aromatic carbocycles. The van der Waals surface area contributed by atoms with Crippen molar-refractivity contribution in [3.63, 3.8) is 0 Å². The van der Waals surface area contributed by atoms with Crippen molar-refractivity contribution >= 4 is 41.7 Å². The van der Waals surface area contributed by atoms with Gasteiger partial charge in [0.15, 0.2) is 5.96 Å². The van der Waals surface area contributed by atoms with Crippen LogP contribution in [0.25, 0.3) is 0 Å². The number of aliphatic imine (C=N–C) groups is 1. The average Bonchev–Trinajstić information content (AvgIpc) is 2.73. The summed E-state index contributed by atoms with van der Waals surface area (Å²) in [5, 5.41) is 6.46. The molecule has 8 nitrogen and oxygen atoms in total. The minimum Gasteiger partial charge on any atom is -0.375 e. The third kappa shape index (κ3) is 8.63. The van der Waals surface area contributed by atoms with E-state index in [0.29, 0.717) is 25.5 Å². The summed E-state index contributed by atoms with van der Waals surface area (Å²) in [6.45, 7) is 13.9. The SMILES string of the molecule is CCNC(=NCc1ccc(N2CCOC(C)C2)nc1)NCCC(=O)N(CC)CC.I. The highest BCUT2D eigenvalue weighted by atomic mass is 127. The van der Waals surface area contributed by atoms with Crippen LogP contribution in [-0.2, 0) is 16.1 Å². The van der Waals surface area contributed by atoms with Gasteiger partial charge in [-0.15, -0.1) is 24.0 Å². The van der Waals surface area contributed by atoms with E-state index in [4.69, 9.17) is 4.74 Å². The van der Waals surface area contributed by atoms with Gasteiger partial charge in [0.1, 0.15) is 5.82 Å². The molecule has 1 saturated heterocycles. The predicted octanol–water partition coefficient (Wildman–Crippen LogP) is 2.24. The van der Waals surface area contributed by atoms with E-state index in [-0.39, 0.29) is 36.0 Å². The zero-order valence-electron chi connectivity index (χ0n) is 18.7. The van der Waals surface area contributed by atoms with E-state index in [1.165, 1.54) is 0 Å². The Morgan fingerprint density at radius 3 is 2.67 bits per heavy atom. The summed E-state index contributed by atoms with van der Waals surface area (Å²) >= 11 is 0. The Morgan fingerprint density at radius 1 is 1.30 bits per heavy atom. The van der Waals surface area contributed by atoms with E-state index in [2.05, 4.69) is 38.5 Å². The topological polar surface area (TPSA) is 82.1 Å². The summed E-state index contributed by atoms with van der Waals surface area (Å²) in [5.41, 5.74) is 1.05. The van der Waals surface area contributed by atoms with Gasteiger partial charge < -0.3 is 25.2 Å². The van der Waals surface area contributed by atoms with Crippen LogP contribution in [0.3, 0.4) is 0 Å². The second-order valence-corrected chi connectivity index (χ2v) is 7.09. The molecular weight excluding hydrogens is 495 g/mol. The summed E-state index contributed by atoms with van der Waals surface area (Å²) in [6, 6.07) is 4.12. The number of carbonyl (C=O) groups excluding carboxylic acids is 1. The molecule has 1 atom stereocenters. The molecule has 1 aromatic heterocycles. The smallest absolute Gasteiger partial charge is 0.224 e. The number of ether oxygens (including phenoxy) is 1. The van der Waals surface area contributed by atoms with Crippen LogP contribution in [0.1, 0.15) is 39.7 Å². The fourth-order valence-electron chi connectivity index (χ4n) is 3.26. The largest absolute Gasteiger partial charge is 0.375 e. The Labute approximate surface area is 197 Å². The quantitative estimate of drug-likeness (QED) is 0.289. The van der Waals surface area contributed by atoms with Gasteiger partial charge in [-0.1, -0.05) is 6.07 Å². The Kier molecular flexibility index (Phi) is 12.7. The Morgan fingerprint density at radius 2 is 2.07 bits per heavy atom. The highest BCUT2D eigenvalue weighted by molar-refractivity contribution is 14.0. The number of amides is 1. The Bertz CT molecular complexity index is 651. The number of halogens is 1. The zero-order valence-corrected chi connectivity index (χ0v) is 21.0. The molecule has 1 unspecified atom stereocenters. The van der Waals surface area contributed by atoms with Crippen LogP contribution in [0, 0.1) is 0 Å². The van der Waals surface area contributed by atoms with E-state index in [1.54, 1.807) is 0 Å². The van der Waals surface area contributed by atoms with Crippen molar-refractivity contribution in [3.8, 4) is 0 Å². The highest BCUT2D eigenvalue weighted by Gasteiger charge is 2.17. The fourth-order valence-corrected chi connectivity index (χ4v) is 3.26. The maximum Gasteiger partial charge on any atom is 0.224 e. The standard InChI is InChI=1S/C21H36N6O2.HI/c1-5-22-21(23-11-10-20(28)26(6-2)7-3)25-15-18-8-9-19(24-14-18)27-12-13-29-17(4)16-27;/h8-9,14,17H,5-7,10-13,15-16H2,1-4H3,(H2,22,23,25);1H. The lowest BCUT2D eigenvalue weighted by Gasteiger charge is -2.32. The van der Waals surface area contributed by atoms with Gasteiger partial charge in [0.25, 0.3) is 0 Å². The number of pyridine rings is 1. The maximum absolute atomic E-state index is 12.1. The lowest BCUT2D eigenvalue weighted by molar-refractivity contribution is -0.130. The molecular formula is C21H37IN6O2. The molecule has 0 saturated carbocycles. The molecule has 2 N–H and O–H groups in total. The first-order valence-electron chi connectivity index (χ1n) is 10.7. The molecule has 1 aliphatic heterocycles. The zero-order chi connectivity index (χ0) is 21.1. The molecule has 1 amide bonds. The fraction of sp³-hybridized carbons (Fsp3) is 0.667. The monoisotopic (exact) mass is 532 g/mol. The van der Waals surface area contributed by atoms with Gasteiger partial charge >= 0.3 is 0 Å². The van der Waals surface area contributed by atoms with Gasteiger partial charge in [0, 0.05) is 51.9 Å². The van der Waals surface area contributed by atoms with Crippen molar-refractivity contribution in [2.45, 2.75) is 46.8 Å². The lowest BCUT2D eigenvalue weighted by atomic mass is 10.2. The average molecular weight is 532 g/mol. The van der Waals surface area contributed by atoms with Gasteiger partial charge in [0.2, 0.25) is 5.91 Å². The second kappa shape index (κ2) is 14.4. The van der Waals surface area contributed by atoms with Crippen molar-refractivity contribution in [3.05, 3.63) is 23.9 Å². The van der Waals surface area contributed by atoms with Crippen LogP contribution in [0.15, 0.2) is 23.3 Å². The number of carbonyl (C=O) groups is 1. The normalized spacial score (nSPS) is 16.6. The van der Waals surface area contributed by atoms with E-state index in [1.807, 2.05) is 37.9 Å². The molecule has 0 radical (unpaired) electrons. The number of aromatic nitrogens is 1. The summed E-state index contributed by atoms with van der Waals surface area (Å²) in [7, 11) is 0. The van der Waals surface area contributed by atoms with Crippen LogP contribution in [0.2, 0.25) is 0 Å². The number of hydrogen-bond acceptors (Lipinski definition) is 5. The minimum atomic E-state index is 0. The second-order valence-electron chi connectivity index (χ2n) is 7.09. The molecule has 0 aliphatic carbocycles. The van der Waals surface area contributed by atoms with Crippen molar-refractivity contribution in [1.82, 2.24) is 20.5 Å². The number of guanidine groups is 1. The van der Waals surface area contributed by atoms with Gasteiger partial charge in [0.05, 0.1) is 19.3 Å². The number of hydrogen-bond donors (Lipinski definition) is 2. The van der Waals surface area contributed by atoms with Crippen LogP contribution in [0.5, 0.6) is 0 Å². The van der Waals surface area contributed by atoms with Crippen LogP contribution >= 0.6 is 24.0 Å². The number of anilines is 1. The number of nitrogens with one attached hydrogen (secondary N) is 2. The molecule has 9 heteroatoms. The summed E-state index contributed by atoms with van der Waals surface area (Å²) in [4.78, 5) is 25.4. The number of morpholine rings is 1. The number of rotatable bonds is 9. The van der Waals surface area contributed by atoms with Crippen molar-refractivity contribution in [1.29, 1.82) is 0 Å². The molecule has 0 spiro atoms. The lowest BCUT2D eigenvalue weighted by Crippen LogP contribution is -2.41. The van der Waals surface area contributed by atoms with Crippen molar-refractivity contribution in [2.75, 3.05) is 50.8 Å². The van der Waals surface area contributed by atoms with Crippen molar-refractivity contribution in [2.24, 2.45) is 4.99 Å². The summed E-state index contributed by atoms with van der Waals surface area (Å²) < 4.78 is 5.59. The predicted molar refractivity (Wildman–Crippen MR) is 133 cm³/mol. The minimum absolute atomic E-state index is 0. The molecule has 1 aromatic rings. The van der Waals surface area contributed by atoms with Crippen LogP contribution < -0.4 is 15.5 Å². The Hall–Kier alpha value is -1.62. The first-order valence-corrected chi connectivity index (χ1v) is 10.7. The molecule has 1 aliphatic rings. The van der Waals surface area contributed by atoms with E-state index in [0.717, 1.165) is 50.7 Å². The summed E-state index contributed by atoms with van der Waals surface area (Å²) in [6.07, 6.45) is 2.57. The molecule has 170 valence electrons. The first-order chi connectivity index (χ1) is 14.1. The third-order valence-corrected chi connectivity index (χ3v) is 4.89.